The van der Waals surface area contributed by atoms with E-state index < -0.39 is 32.5 Å². The number of nitrogens with one attached hydrogen (secondary N) is 2. The number of hydrogen-bond donors (Lipinski definition) is 3. The van der Waals surface area contributed by atoms with Gasteiger partial charge in [0, 0.05) is 61.3 Å². The van der Waals surface area contributed by atoms with Crippen molar-refractivity contribution < 1.29 is 26.7 Å². The summed E-state index contributed by atoms with van der Waals surface area (Å²) in [6, 6.07) is 7.32. The SMILES string of the molecule is Nc1cc(N2CCOCC2)ccc1C(=O)Nc1n[nH]c2c1CN(S(=O)(=O)c1cc(F)cc(F)c1)CC2. The van der Waals surface area contributed by atoms with E-state index in [0.29, 0.717) is 36.2 Å². The number of anilines is 3. The van der Waals surface area contributed by atoms with Crippen LogP contribution in [-0.2, 0) is 27.7 Å². The van der Waals surface area contributed by atoms with Crippen molar-refractivity contribution in [2.75, 3.05) is 48.8 Å². The highest BCUT2D eigenvalue weighted by atomic mass is 32.2. The number of nitrogens with two attached hydrogens (primary N) is 1. The molecule has 1 amide bonds. The van der Waals surface area contributed by atoms with Gasteiger partial charge in [0.2, 0.25) is 10.0 Å². The summed E-state index contributed by atoms with van der Waals surface area (Å²) >= 11 is 0. The number of morpholine rings is 1. The molecule has 2 aliphatic heterocycles. The number of nitrogens with zero attached hydrogens (tertiary/aromatic N) is 3. The van der Waals surface area contributed by atoms with Gasteiger partial charge in [0.05, 0.1) is 23.7 Å². The van der Waals surface area contributed by atoms with Crippen LogP contribution in [0.4, 0.5) is 26.0 Å². The second-order valence-corrected chi connectivity index (χ2v) is 10.5. The van der Waals surface area contributed by atoms with Gasteiger partial charge >= 0.3 is 0 Å². The van der Waals surface area contributed by atoms with Gasteiger partial charge < -0.3 is 20.7 Å². The van der Waals surface area contributed by atoms with Crippen molar-refractivity contribution in [3.8, 4) is 0 Å². The predicted molar refractivity (Wildman–Crippen MR) is 128 cm³/mol. The van der Waals surface area contributed by atoms with Crippen molar-refractivity contribution in [2.24, 2.45) is 0 Å². The first-order valence-corrected chi connectivity index (χ1v) is 12.7. The minimum Gasteiger partial charge on any atom is -0.398 e. The molecule has 3 aromatic rings. The Kier molecular flexibility index (Phi) is 6.36. The Hall–Kier alpha value is -3.55. The van der Waals surface area contributed by atoms with Gasteiger partial charge in [-0.15, -0.1) is 0 Å². The van der Waals surface area contributed by atoms with E-state index in [2.05, 4.69) is 20.4 Å². The number of rotatable bonds is 5. The lowest BCUT2D eigenvalue weighted by molar-refractivity contribution is 0.102. The summed E-state index contributed by atoms with van der Waals surface area (Å²) < 4.78 is 59.8. The molecule has 3 heterocycles. The van der Waals surface area contributed by atoms with Gasteiger partial charge in [-0.3, -0.25) is 9.89 Å². The van der Waals surface area contributed by atoms with E-state index in [0.717, 1.165) is 35.2 Å². The summed E-state index contributed by atoms with van der Waals surface area (Å²) in [6.07, 6.45) is 0.283. The van der Waals surface area contributed by atoms with Crippen LogP contribution in [0, 0.1) is 11.6 Å². The first-order valence-electron chi connectivity index (χ1n) is 11.3. The number of carbonyl (C=O) groups is 1. The summed E-state index contributed by atoms with van der Waals surface area (Å²) in [6.45, 7) is 2.64. The summed E-state index contributed by atoms with van der Waals surface area (Å²) in [5.41, 5.74) is 8.73. The fourth-order valence-electron chi connectivity index (χ4n) is 4.36. The van der Waals surface area contributed by atoms with Crippen LogP contribution in [0.25, 0.3) is 0 Å². The number of hydrogen-bond acceptors (Lipinski definition) is 7. The van der Waals surface area contributed by atoms with E-state index in [-0.39, 0.29) is 30.9 Å². The number of benzene rings is 2. The molecule has 10 nitrogen and oxygen atoms in total. The molecule has 0 radical (unpaired) electrons. The summed E-state index contributed by atoms with van der Waals surface area (Å²) in [5, 5.41) is 9.66. The van der Waals surface area contributed by atoms with Crippen LogP contribution in [0.3, 0.4) is 0 Å². The molecule has 13 heteroatoms. The number of H-pyrrole nitrogens is 1. The fourth-order valence-corrected chi connectivity index (χ4v) is 5.81. The standard InChI is InChI=1S/C23H24F2N6O4S/c24-14-9-15(25)11-17(10-14)36(33,34)31-4-3-21-19(13-31)22(29-28-21)27-23(32)18-2-1-16(12-20(18)26)30-5-7-35-8-6-30/h1-2,9-12H,3-8,13,26H2,(H2,27,28,29,32). The Morgan fingerprint density at radius 2 is 1.81 bits per heavy atom. The van der Waals surface area contributed by atoms with Crippen LogP contribution in [0.1, 0.15) is 21.6 Å². The molecule has 0 unspecified atom stereocenters. The molecule has 0 aliphatic carbocycles. The molecule has 1 saturated heterocycles. The molecular formula is C23H24F2N6O4S. The van der Waals surface area contributed by atoms with Crippen LogP contribution < -0.4 is 16.0 Å². The molecule has 1 fully saturated rings. The number of aromatic amines is 1. The second-order valence-electron chi connectivity index (χ2n) is 8.55. The summed E-state index contributed by atoms with van der Waals surface area (Å²) in [4.78, 5) is 14.6. The highest BCUT2D eigenvalue weighted by Gasteiger charge is 2.32. The Morgan fingerprint density at radius 3 is 2.50 bits per heavy atom. The van der Waals surface area contributed by atoms with Gasteiger partial charge in [-0.2, -0.15) is 9.40 Å². The van der Waals surface area contributed by atoms with Crippen molar-refractivity contribution in [3.05, 3.63) is 64.9 Å². The van der Waals surface area contributed by atoms with E-state index in [9.17, 15) is 22.0 Å². The molecule has 1 aromatic heterocycles. The molecule has 2 aromatic carbocycles. The first kappa shape index (κ1) is 24.2. The first-order chi connectivity index (χ1) is 17.2. The quantitative estimate of drug-likeness (QED) is 0.441. The van der Waals surface area contributed by atoms with Crippen molar-refractivity contribution in [1.82, 2.24) is 14.5 Å². The van der Waals surface area contributed by atoms with Gasteiger partial charge in [0.1, 0.15) is 11.6 Å². The zero-order valence-electron chi connectivity index (χ0n) is 19.1. The maximum Gasteiger partial charge on any atom is 0.258 e. The molecule has 4 N–H and O–H groups in total. The maximum absolute atomic E-state index is 13.6. The molecule has 0 bridgehead atoms. The molecule has 36 heavy (non-hydrogen) atoms. The number of fused-ring (bicyclic) bond motifs is 1. The van der Waals surface area contributed by atoms with Crippen molar-refractivity contribution in [2.45, 2.75) is 17.9 Å². The van der Waals surface area contributed by atoms with Gasteiger partial charge in [-0.1, -0.05) is 0 Å². The van der Waals surface area contributed by atoms with Crippen molar-refractivity contribution in [1.29, 1.82) is 0 Å². The van der Waals surface area contributed by atoms with E-state index in [1.165, 1.54) is 0 Å². The fraction of sp³-hybridized carbons (Fsp3) is 0.304. The minimum absolute atomic E-state index is 0.0823. The third kappa shape index (κ3) is 4.64. The Morgan fingerprint density at radius 1 is 1.08 bits per heavy atom. The molecule has 0 saturated carbocycles. The van der Waals surface area contributed by atoms with E-state index in [1.807, 2.05) is 6.07 Å². The maximum atomic E-state index is 13.6. The van der Waals surface area contributed by atoms with E-state index >= 15 is 0 Å². The van der Waals surface area contributed by atoms with Gasteiger partial charge in [0.25, 0.3) is 5.91 Å². The van der Waals surface area contributed by atoms with Gasteiger partial charge in [-0.05, 0) is 30.3 Å². The summed E-state index contributed by atoms with van der Waals surface area (Å²) in [7, 11) is -4.18. The van der Waals surface area contributed by atoms with Crippen LogP contribution in [0.5, 0.6) is 0 Å². The van der Waals surface area contributed by atoms with Crippen molar-refractivity contribution in [3.63, 3.8) is 0 Å². The number of carbonyl (C=O) groups excluding carboxylic acids is 1. The molecule has 190 valence electrons. The average molecular weight is 519 g/mol. The smallest absolute Gasteiger partial charge is 0.258 e. The molecule has 2 aliphatic rings. The zero-order valence-corrected chi connectivity index (χ0v) is 19.9. The topological polar surface area (TPSA) is 134 Å². The predicted octanol–water partition coefficient (Wildman–Crippen LogP) is 2.11. The summed E-state index contributed by atoms with van der Waals surface area (Å²) in [5.74, 6) is -2.31. The monoisotopic (exact) mass is 518 g/mol. The highest BCUT2D eigenvalue weighted by molar-refractivity contribution is 7.89. The molecule has 0 atom stereocenters. The lowest BCUT2D eigenvalue weighted by atomic mass is 10.1. The number of sulfonamides is 1. The molecular weight excluding hydrogens is 494 g/mol. The lowest BCUT2D eigenvalue weighted by Crippen LogP contribution is -2.36. The number of halogens is 2. The normalized spacial score (nSPS) is 16.6. The zero-order chi connectivity index (χ0) is 25.4. The minimum atomic E-state index is -4.18. The Bertz CT molecular complexity index is 1400. The average Bonchev–Trinajstić information content (AvgIpc) is 3.25. The van der Waals surface area contributed by atoms with Crippen LogP contribution in [0.2, 0.25) is 0 Å². The Balaban J connectivity index is 1.34. The van der Waals surface area contributed by atoms with E-state index in [1.54, 1.807) is 12.1 Å². The van der Waals surface area contributed by atoms with E-state index in [4.69, 9.17) is 10.5 Å². The number of nitrogen functional groups attached to an aromatic ring is 1. The number of amides is 1. The molecule has 0 spiro atoms. The van der Waals surface area contributed by atoms with Gasteiger partial charge in [0.15, 0.2) is 5.82 Å². The van der Waals surface area contributed by atoms with Gasteiger partial charge in [-0.25, -0.2) is 17.2 Å². The number of aromatic nitrogens is 2. The largest absolute Gasteiger partial charge is 0.398 e. The number of ether oxygens (including phenoxy) is 1. The lowest BCUT2D eigenvalue weighted by Gasteiger charge is -2.29. The van der Waals surface area contributed by atoms with Crippen LogP contribution in [-0.4, -0.2) is 61.7 Å². The highest BCUT2D eigenvalue weighted by Crippen LogP contribution is 2.30. The van der Waals surface area contributed by atoms with Crippen LogP contribution in [0.15, 0.2) is 41.3 Å². The third-order valence-corrected chi connectivity index (χ3v) is 8.08. The third-order valence-electron chi connectivity index (χ3n) is 6.26. The Labute approximate surface area is 206 Å². The second kappa shape index (κ2) is 9.48. The molecule has 5 rings (SSSR count). The van der Waals surface area contributed by atoms with Crippen LogP contribution >= 0.6 is 0 Å². The van der Waals surface area contributed by atoms with Crippen molar-refractivity contribution >= 4 is 33.1 Å².